The molecule has 0 aromatic carbocycles. The van der Waals surface area contributed by atoms with Gasteiger partial charge in [0.25, 0.3) is 0 Å². The van der Waals surface area contributed by atoms with Crippen LogP contribution in [-0.4, -0.2) is 22.2 Å². The van der Waals surface area contributed by atoms with Crippen molar-refractivity contribution < 1.29 is 19.8 Å². The average molecular weight is 383 g/mol. The molecule has 0 heterocycles. The van der Waals surface area contributed by atoms with E-state index in [1.807, 2.05) is 0 Å². The molecule has 2 fully saturated rings. The number of carboxylic acids is 2. The van der Waals surface area contributed by atoms with Crippen molar-refractivity contribution in [3.8, 4) is 0 Å². The minimum atomic E-state index is -0.594. The van der Waals surface area contributed by atoms with Crippen molar-refractivity contribution in [3.63, 3.8) is 0 Å². The lowest BCUT2D eigenvalue weighted by molar-refractivity contribution is -0.157. The molecule has 2 aliphatic rings. The largest absolute Gasteiger partial charge is 0.481 e. The number of carboxylic acid groups (broad SMARTS) is 2. The molecule has 0 aromatic heterocycles. The van der Waals surface area contributed by atoms with E-state index in [2.05, 4.69) is 48.5 Å². The predicted molar refractivity (Wildman–Crippen MR) is 110 cm³/mol. The number of carbonyl (C=O) groups is 2. The molecule has 27 heavy (non-hydrogen) atoms. The van der Waals surface area contributed by atoms with Crippen molar-refractivity contribution in [1.82, 2.24) is 0 Å². The monoisotopic (exact) mass is 382 g/mol. The van der Waals surface area contributed by atoms with E-state index in [9.17, 15) is 14.7 Å². The number of hydrogen-bond acceptors (Lipinski definition) is 2. The van der Waals surface area contributed by atoms with Crippen molar-refractivity contribution >= 4 is 11.9 Å². The van der Waals surface area contributed by atoms with Crippen LogP contribution in [0.5, 0.6) is 0 Å². The first-order valence-electron chi connectivity index (χ1n) is 10.6. The van der Waals surface area contributed by atoms with Crippen LogP contribution in [0.1, 0.15) is 106 Å². The molecule has 0 aromatic rings. The lowest BCUT2D eigenvalue weighted by Crippen LogP contribution is -2.40. The summed E-state index contributed by atoms with van der Waals surface area (Å²) in [6.07, 6.45) is 8.42. The van der Waals surface area contributed by atoms with E-state index < -0.39 is 11.9 Å². The van der Waals surface area contributed by atoms with E-state index in [1.165, 1.54) is 0 Å². The molecule has 2 rings (SSSR count). The smallest absolute Gasteiger partial charge is 0.309 e. The molecule has 0 bridgehead atoms. The summed E-state index contributed by atoms with van der Waals surface area (Å²) in [6.45, 7) is 15.2. The Balaban J connectivity index is 0.000000277. The highest BCUT2D eigenvalue weighted by Gasteiger charge is 2.46. The third-order valence-corrected chi connectivity index (χ3v) is 6.93. The van der Waals surface area contributed by atoms with Crippen LogP contribution in [0.4, 0.5) is 0 Å². The molecule has 2 saturated carbocycles. The standard InChI is InChI=1S/C13H24O2.C10H18O2/c1-10(12(2,3)4)6-9-13(11(14)15)7-5-8-13;1-9(2,3)7-10(8(11)12)5-4-6-10/h10H,5-9H2,1-4H3,(H,14,15);4-7H2,1-3H3,(H,11,12). The van der Waals surface area contributed by atoms with Gasteiger partial charge in [0.05, 0.1) is 10.8 Å². The summed E-state index contributed by atoms with van der Waals surface area (Å²) in [7, 11) is 0. The Morgan fingerprint density at radius 1 is 0.852 bits per heavy atom. The van der Waals surface area contributed by atoms with Crippen molar-refractivity contribution in [2.75, 3.05) is 0 Å². The van der Waals surface area contributed by atoms with Crippen LogP contribution in [0.2, 0.25) is 0 Å². The molecule has 4 nitrogen and oxygen atoms in total. The second-order valence-corrected chi connectivity index (χ2v) is 11.4. The molecular formula is C23H42O4. The molecule has 4 heteroatoms. The fraction of sp³-hybridized carbons (Fsp3) is 0.913. The van der Waals surface area contributed by atoms with Crippen molar-refractivity contribution in [1.29, 1.82) is 0 Å². The summed E-state index contributed by atoms with van der Waals surface area (Å²) < 4.78 is 0. The molecule has 0 saturated heterocycles. The Hall–Kier alpha value is -1.06. The van der Waals surface area contributed by atoms with Crippen LogP contribution in [-0.2, 0) is 9.59 Å². The number of rotatable bonds is 6. The summed E-state index contributed by atoms with van der Waals surface area (Å²) in [4.78, 5) is 22.1. The maximum atomic E-state index is 11.2. The SMILES string of the molecule is CC(C)(C)CC1(C(=O)O)CCC1.CC(CCC1(C(=O)O)CCC1)C(C)(C)C. The predicted octanol–water partition coefficient (Wildman–Crippen LogP) is 6.38. The molecule has 1 atom stereocenters. The van der Waals surface area contributed by atoms with Crippen LogP contribution in [0.15, 0.2) is 0 Å². The number of aliphatic carboxylic acids is 2. The first-order chi connectivity index (χ1) is 12.1. The van der Waals surface area contributed by atoms with Crippen LogP contribution in [0, 0.1) is 27.6 Å². The molecule has 0 aliphatic heterocycles. The Bertz CT molecular complexity index is 513. The second kappa shape index (κ2) is 8.53. The summed E-state index contributed by atoms with van der Waals surface area (Å²) in [5.41, 5.74) is -0.306. The van der Waals surface area contributed by atoms with Gasteiger partial charge in [-0.25, -0.2) is 0 Å². The van der Waals surface area contributed by atoms with E-state index in [1.54, 1.807) is 0 Å². The minimum Gasteiger partial charge on any atom is -0.481 e. The minimum absolute atomic E-state index is 0.138. The molecule has 158 valence electrons. The second-order valence-electron chi connectivity index (χ2n) is 11.4. The van der Waals surface area contributed by atoms with Gasteiger partial charge in [0, 0.05) is 0 Å². The fourth-order valence-electron chi connectivity index (χ4n) is 4.19. The maximum absolute atomic E-state index is 11.2. The van der Waals surface area contributed by atoms with E-state index in [0.717, 1.165) is 57.8 Å². The maximum Gasteiger partial charge on any atom is 0.309 e. The average Bonchev–Trinajstić information content (AvgIpc) is 2.39. The van der Waals surface area contributed by atoms with Crippen LogP contribution < -0.4 is 0 Å². The quantitative estimate of drug-likeness (QED) is 0.559. The van der Waals surface area contributed by atoms with Crippen LogP contribution in [0.25, 0.3) is 0 Å². The van der Waals surface area contributed by atoms with Gasteiger partial charge in [-0.3, -0.25) is 9.59 Å². The summed E-state index contributed by atoms with van der Waals surface area (Å²) in [6, 6.07) is 0. The lowest BCUT2D eigenvalue weighted by Gasteiger charge is -2.41. The van der Waals surface area contributed by atoms with Crippen molar-refractivity contribution in [3.05, 3.63) is 0 Å². The van der Waals surface area contributed by atoms with Gasteiger partial charge in [-0.2, -0.15) is 0 Å². The summed E-state index contributed by atoms with van der Waals surface area (Å²) in [5, 5.41) is 18.2. The van der Waals surface area contributed by atoms with Crippen LogP contribution in [0.3, 0.4) is 0 Å². The molecule has 1 unspecified atom stereocenters. The topological polar surface area (TPSA) is 74.6 Å². The molecule has 2 aliphatic carbocycles. The van der Waals surface area contributed by atoms with Crippen molar-refractivity contribution in [2.24, 2.45) is 27.6 Å². The summed E-state index contributed by atoms with van der Waals surface area (Å²) >= 11 is 0. The fourth-order valence-corrected chi connectivity index (χ4v) is 4.19. The zero-order valence-electron chi connectivity index (χ0n) is 18.7. The van der Waals surface area contributed by atoms with Gasteiger partial charge >= 0.3 is 11.9 Å². The Labute approximate surface area is 166 Å². The van der Waals surface area contributed by atoms with Gasteiger partial charge in [0.1, 0.15) is 0 Å². The third-order valence-electron chi connectivity index (χ3n) is 6.93. The zero-order chi connectivity index (χ0) is 21.1. The Morgan fingerprint density at radius 2 is 1.26 bits per heavy atom. The normalized spacial score (nSPS) is 21.7. The van der Waals surface area contributed by atoms with Crippen molar-refractivity contribution in [2.45, 2.75) is 106 Å². The van der Waals surface area contributed by atoms with E-state index in [0.29, 0.717) is 11.3 Å². The molecule has 2 N–H and O–H groups in total. The van der Waals surface area contributed by atoms with Gasteiger partial charge < -0.3 is 10.2 Å². The lowest BCUT2D eigenvalue weighted by atomic mass is 9.62. The third kappa shape index (κ3) is 6.50. The highest BCUT2D eigenvalue weighted by Crippen LogP contribution is 2.49. The molecular weight excluding hydrogens is 340 g/mol. The van der Waals surface area contributed by atoms with Gasteiger partial charge in [-0.1, -0.05) is 61.3 Å². The van der Waals surface area contributed by atoms with Crippen LogP contribution >= 0.6 is 0 Å². The molecule has 0 amide bonds. The first-order valence-corrected chi connectivity index (χ1v) is 10.6. The van der Waals surface area contributed by atoms with Gasteiger partial charge in [0.15, 0.2) is 0 Å². The Morgan fingerprint density at radius 3 is 1.44 bits per heavy atom. The highest BCUT2D eigenvalue weighted by molar-refractivity contribution is 5.76. The molecule has 0 radical (unpaired) electrons. The zero-order valence-corrected chi connectivity index (χ0v) is 18.7. The van der Waals surface area contributed by atoms with E-state index in [-0.39, 0.29) is 16.2 Å². The first kappa shape index (κ1) is 24.0. The van der Waals surface area contributed by atoms with Gasteiger partial charge in [0.2, 0.25) is 0 Å². The van der Waals surface area contributed by atoms with E-state index in [4.69, 9.17) is 5.11 Å². The van der Waals surface area contributed by atoms with Gasteiger partial charge in [-0.05, 0) is 61.7 Å². The molecule has 0 spiro atoms. The number of hydrogen-bond donors (Lipinski definition) is 2. The van der Waals surface area contributed by atoms with Gasteiger partial charge in [-0.15, -0.1) is 0 Å². The summed E-state index contributed by atoms with van der Waals surface area (Å²) in [5.74, 6) is -0.576. The highest BCUT2D eigenvalue weighted by atomic mass is 16.4. The Kier molecular flexibility index (Phi) is 7.57. The van der Waals surface area contributed by atoms with E-state index >= 15 is 0 Å².